The van der Waals surface area contributed by atoms with Gasteiger partial charge in [0.15, 0.2) is 0 Å². The minimum Gasteiger partial charge on any atom is -0.309 e. The molecule has 0 spiro atoms. The molecular formula is C102H58N10. The van der Waals surface area contributed by atoms with E-state index in [-0.39, 0.29) is 0 Å². The summed E-state index contributed by atoms with van der Waals surface area (Å²) >= 11 is 0. The number of hydrogen-bond donors (Lipinski definition) is 0. The zero-order valence-electron chi connectivity index (χ0n) is 60.0. The summed E-state index contributed by atoms with van der Waals surface area (Å²) in [4.78, 5) is 24.5. The van der Waals surface area contributed by atoms with Crippen molar-refractivity contribution in [3.05, 3.63) is 352 Å². The van der Waals surface area contributed by atoms with Gasteiger partial charge in [0.2, 0.25) is 0 Å². The number of hydrogen-bond acceptors (Lipinski definition) is 4. The number of benzene rings is 15. The Morgan fingerprint density at radius 1 is 0.188 bits per heavy atom. The van der Waals surface area contributed by atoms with Crippen molar-refractivity contribution in [3.63, 3.8) is 0 Å². The standard InChI is InChI=1S/C102H58N10/c1-3-23-59(24-4-1)61-43-47-63(48-44-61)93-94(64-49-45-62(46-50-64)60-25-5-2-6-26-60)106-96-92-82-54-66(108-85-37-17-9-29-71(85)72-30-10-18-38-86(72)108)52-78-80-56-68(110-89-41-21-13-33-75(89)76-34-14-22-42-90(76)110)58-104-102(80)112(98(78)82)100(92)99-91(95(96)105-93)81-53-65(107-83-35-15-7-27-69(83)70-28-8-16-36-84(70)107)51-77-79-55-67(57-103-101(79)111(99)97(77)81)109-87-39-19-11-31-73(87)74-32-12-20-40-88(74)109/h1-58H. The molecule has 0 bridgehead atoms. The highest BCUT2D eigenvalue weighted by Gasteiger charge is 2.33. The first kappa shape index (κ1) is 59.8. The molecule has 0 amide bonds. The van der Waals surface area contributed by atoms with Gasteiger partial charge >= 0.3 is 0 Å². The van der Waals surface area contributed by atoms with Gasteiger partial charge in [-0.05, 0) is 107 Å². The second-order valence-corrected chi connectivity index (χ2v) is 30.0. The van der Waals surface area contributed by atoms with Crippen molar-refractivity contribution in [2.24, 2.45) is 0 Å². The lowest BCUT2D eigenvalue weighted by Gasteiger charge is -2.15. The maximum absolute atomic E-state index is 6.36. The summed E-state index contributed by atoms with van der Waals surface area (Å²) in [5.41, 5.74) is 28.2. The quantitative estimate of drug-likeness (QED) is 0.152. The zero-order valence-corrected chi connectivity index (χ0v) is 60.0. The zero-order chi connectivity index (χ0) is 72.7. The summed E-state index contributed by atoms with van der Waals surface area (Å²) < 4.78 is 14.7. The lowest BCUT2D eigenvalue weighted by molar-refractivity contribution is 1.14. The Morgan fingerprint density at radius 3 is 0.732 bits per heavy atom. The van der Waals surface area contributed by atoms with Gasteiger partial charge in [0.1, 0.15) is 22.3 Å². The Labute approximate surface area is 637 Å². The van der Waals surface area contributed by atoms with E-state index in [1.807, 2.05) is 0 Å². The van der Waals surface area contributed by atoms with E-state index >= 15 is 0 Å². The van der Waals surface area contributed by atoms with E-state index in [1.54, 1.807) is 0 Å². The second kappa shape index (κ2) is 22.2. The molecule has 26 aromatic rings. The summed E-state index contributed by atoms with van der Waals surface area (Å²) in [5.74, 6) is 0. The Bertz CT molecular complexity index is 7830. The number of pyridine rings is 2. The van der Waals surface area contributed by atoms with Crippen LogP contribution < -0.4 is 0 Å². The summed E-state index contributed by atoms with van der Waals surface area (Å²) in [7, 11) is 0. The molecule has 0 fully saturated rings. The average Bonchev–Trinajstić information content (AvgIpc) is 1.49. The predicted molar refractivity (Wildman–Crippen MR) is 464 cm³/mol. The molecule has 0 N–H and O–H groups in total. The third-order valence-corrected chi connectivity index (χ3v) is 24.3. The fourth-order valence-corrected chi connectivity index (χ4v) is 19.6. The van der Waals surface area contributed by atoms with Crippen molar-refractivity contribution in [1.82, 2.24) is 47.0 Å². The molecule has 0 aliphatic rings. The van der Waals surface area contributed by atoms with E-state index in [2.05, 4.69) is 379 Å². The fraction of sp³-hybridized carbons (Fsp3) is 0. The van der Waals surface area contributed by atoms with Gasteiger partial charge in [0.05, 0.1) is 101 Å². The van der Waals surface area contributed by atoms with Gasteiger partial charge in [-0.2, -0.15) is 0 Å². The molecule has 0 saturated heterocycles. The molecule has 516 valence electrons. The van der Waals surface area contributed by atoms with Crippen LogP contribution in [0.4, 0.5) is 0 Å². The highest BCUT2D eigenvalue weighted by molar-refractivity contribution is 6.40. The van der Waals surface area contributed by atoms with Crippen LogP contribution in [0.5, 0.6) is 0 Å². The summed E-state index contributed by atoms with van der Waals surface area (Å²) in [6.45, 7) is 0. The van der Waals surface area contributed by atoms with E-state index in [0.717, 1.165) is 199 Å². The molecule has 10 heteroatoms. The second-order valence-electron chi connectivity index (χ2n) is 30.0. The van der Waals surface area contributed by atoms with Crippen LogP contribution in [0.25, 0.3) is 242 Å². The first-order chi connectivity index (χ1) is 55.6. The predicted octanol–water partition coefficient (Wildman–Crippen LogP) is 25.8. The Morgan fingerprint density at radius 2 is 0.429 bits per heavy atom. The maximum Gasteiger partial charge on any atom is 0.145 e. The molecule has 11 heterocycles. The van der Waals surface area contributed by atoms with Gasteiger partial charge in [-0.25, -0.2) is 19.9 Å². The number of para-hydroxylation sites is 8. The monoisotopic (exact) mass is 1420 g/mol. The lowest BCUT2D eigenvalue weighted by atomic mass is 9.97. The molecule has 0 saturated carbocycles. The highest BCUT2D eigenvalue weighted by Crippen LogP contribution is 2.53. The summed E-state index contributed by atoms with van der Waals surface area (Å²) in [5, 5.41) is 17.7. The van der Waals surface area contributed by atoms with E-state index in [1.165, 1.54) is 43.1 Å². The van der Waals surface area contributed by atoms with E-state index < -0.39 is 0 Å². The van der Waals surface area contributed by atoms with Crippen LogP contribution in [0.15, 0.2) is 352 Å². The summed E-state index contributed by atoms with van der Waals surface area (Å²) in [6, 6.07) is 124. The van der Waals surface area contributed by atoms with Gasteiger partial charge < -0.3 is 18.3 Å². The SMILES string of the molecule is c1ccc(-c2ccc(-c3nc4c(nc3-c3ccc(-c5ccccc5)cc3)c3c5cc(-n6c7ccccc7c7ccccc76)cc6c7cc(-n8c9ccccc9c9ccccc98)cnc7n(c65)c3c3c4c4cc(-n5c6ccccc6c6ccccc65)cc5c6cc(-n7c8ccccc8c8ccccc87)cnc6n3c54)cc2)cc1. The fourth-order valence-electron chi connectivity index (χ4n) is 19.6. The third kappa shape index (κ3) is 7.99. The minimum atomic E-state index is 0.776. The maximum atomic E-state index is 6.36. The molecule has 0 unspecified atom stereocenters. The molecule has 0 aliphatic heterocycles. The number of rotatable bonds is 8. The summed E-state index contributed by atoms with van der Waals surface area (Å²) in [6.07, 6.45) is 4.19. The van der Waals surface area contributed by atoms with Gasteiger partial charge in [0, 0.05) is 109 Å². The normalized spacial score (nSPS) is 12.5. The van der Waals surface area contributed by atoms with E-state index in [0.29, 0.717) is 0 Å². The Kier molecular flexibility index (Phi) is 11.9. The molecule has 0 aliphatic carbocycles. The van der Waals surface area contributed by atoms with Gasteiger partial charge in [-0.15, -0.1) is 0 Å². The molecule has 0 radical (unpaired) electrons. The number of fused-ring (bicyclic) bond motifs is 28. The molecular weight excluding hydrogens is 1370 g/mol. The van der Waals surface area contributed by atoms with Gasteiger partial charge in [-0.1, -0.05) is 255 Å². The smallest absolute Gasteiger partial charge is 0.145 e. The molecule has 112 heavy (non-hydrogen) atoms. The molecule has 15 aromatic carbocycles. The highest BCUT2D eigenvalue weighted by atomic mass is 15.1. The van der Waals surface area contributed by atoms with Crippen LogP contribution in [-0.2, 0) is 0 Å². The van der Waals surface area contributed by atoms with Crippen LogP contribution in [0.1, 0.15) is 0 Å². The molecule has 11 aromatic heterocycles. The van der Waals surface area contributed by atoms with Crippen molar-refractivity contribution < 1.29 is 0 Å². The molecule has 10 nitrogen and oxygen atoms in total. The Balaban J connectivity index is 0.882. The van der Waals surface area contributed by atoms with E-state index in [9.17, 15) is 0 Å². The van der Waals surface area contributed by atoms with Crippen LogP contribution in [0.2, 0.25) is 0 Å². The van der Waals surface area contributed by atoms with Crippen LogP contribution in [0.3, 0.4) is 0 Å². The van der Waals surface area contributed by atoms with Gasteiger partial charge in [-0.3, -0.25) is 8.80 Å². The van der Waals surface area contributed by atoms with E-state index in [4.69, 9.17) is 19.9 Å². The Hall–Kier alpha value is -15.3. The molecule has 0 atom stereocenters. The van der Waals surface area contributed by atoms with Crippen molar-refractivity contribution in [3.8, 4) is 67.5 Å². The van der Waals surface area contributed by atoms with Crippen LogP contribution in [-0.4, -0.2) is 47.0 Å². The van der Waals surface area contributed by atoms with Crippen LogP contribution in [0, 0.1) is 0 Å². The van der Waals surface area contributed by atoms with Crippen molar-refractivity contribution in [2.75, 3.05) is 0 Å². The average molecular weight is 1420 g/mol. The minimum absolute atomic E-state index is 0.776. The third-order valence-electron chi connectivity index (χ3n) is 24.3. The van der Waals surface area contributed by atoms with Crippen molar-refractivity contribution in [1.29, 1.82) is 0 Å². The topological polar surface area (TPSA) is 80.1 Å². The lowest BCUT2D eigenvalue weighted by Crippen LogP contribution is -1.99. The van der Waals surface area contributed by atoms with Gasteiger partial charge in [0.25, 0.3) is 0 Å². The number of aromatic nitrogens is 10. The first-order valence-corrected chi connectivity index (χ1v) is 38.3. The largest absolute Gasteiger partial charge is 0.309 e. The molecule has 26 rings (SSSR count). The van der Waals surface area contributed by atoms with Crippen molar-refractivity contribution >= 4 is 175 Å². The van der Waals surface area contributed by atoms with Crippen molar-refractivity contribution in [2.45, 2.75) is 0 Å². The number of nitrogens with zero attached hydrogens (tertiary/aromatic N) is 10. The first-order valence-electron chi connectivity index (χ1n) is 38.3. The van der Waals surface area contributed by atoms with Crippen LogP contribution >= 0.6 is 0 Å².